The van der Waals surface area contributed by atoms with Gasteiger partial charge in [0.25, 0.3) is 0 Å². The van der Waals surface area contributed by atoms with Crippen LogP contribution in [0.4, 0.5) is 0 Å². The van der Waals surface area contributed by atoms with Crippen LogP contribution in [0.1, 0.15) is 91.0 Å². The van der Waals surface area contributed by atoms with Crippen molar-refractivity contribution >= 4 is 70.9 Å². The number of aliphatic hydroxyl groups excluding tert-OH is 4. The Morgan fingerprint density at radius 2 is 1.40 bits per heavy atom. The zero-order valence-corrected chi connectivity index (χ0v) is 47.2. The summed E-state index contributed by atoms with van der Waals surface area (Å²) in [6.07, 6.45) is -11.0. The molecular weight excluding hydrogens is 1110 g/mol. The number of aromatic hydroxyl groups is 1. The number of hydrogen-bond acceptors (Lipinski definition) is 20. The van der Waals surface area contributed by atoms with Crippen molar-refractivity contribution in [2.75, 3.05) is 26.3 Å². The molecule has 12 amide bonds. The number of nitrogens with one attached hydrogen (secondary N) is 8. The summed E-state index contributed by atoms with van der Waals surface area (Å²) in [5.74, 6) is -13.0. The maximum Gasteiger partial charge on any atom is 0.247 e. The highest BCUT2D eigenvalue weighted by Crippen LogP contribution is 2.23. The van der Waals surface area contributed by atoms with Crippen molar-refractivity contribution in [3.8, 4) is 5.75 Å². The highest BCUT2D eigenvalue weighted by molar-refractivity contribution is 6.00. The van der Waals surface area contributed by atoms with Gasteiger partial charge in [-0.1, -0.05) is 46.2 Å². The van der Waals surface area contributed by atoms with E-state index in [1.54, 1.807) is 27.7 Å². The monoisotopic (exact) mass is 1190 g/mol. The van der Waals surface area contributed by atoms with Crippen molar-refractivity contribution in [3.05, 3.63) is 29.8 Å². The topological polar surface area (TPSA) is 528 Å². The first kappa shape index (κ1) is 68.9. The molecule has 0 aromatic heterocycles. The van der Waals surface area contributed by atoms with Gasteiger partial charge in [-0.2, -0.15) is 0 Å². The van der Waals surface area contributed by atoms with E-state index >= 15 is 0 Å². The van der Waals surface area contributed by atoms with E-state index in [9.17, 15) is 83.1 Å². The minimum absolute atomic E-state index is 0.00894. The number of likely N-dealkylation sites (tertiary alicyclic amines) is 1. The third kappa shape index (κ3) is 20.3. The largest absolute Gasteiger partial charge is 0.508 e. The molecule has 0 unspecified atom stereocenters. The summed E-state index contributed by atoms with van der Waals surface area (Å²) in [5, 5.41) is 70.0. The molecule has 32 nitrogen and oxygen atoms in total. The molecule has 0 radical (unpaired) electrons. The number of nitrogens with zero attached hydrogens (tertiary/aromatic N) is 1. The van der Waals surface area contributed by atoms with E-state index in [1.807, 2.05) is 0 Å². The molecular formula is C52H81N13O19. The number of phenolic OH excluding ortho intramolecular Hbond substituents is 1. The van der Waals surface area contributed by atoms with Gasteiger partial charge in [0.05, 0.1) is 25.7 Å². The average Bonchev–Trinajstić information content (AvgIpc) is 3.97. The Labute approximate surface area is 483 Å². The molecule has 3 saturated heterocycles. The van der Waals surface area contributed by atoms with Gasteiger partial charge < -0.3 is 105 Å². The molecule has 0 bridgehead atoms. The van der Waals surface area contributed by atoms with E-state index in [2.05, 4.69) is 42.5 Å². The molecule has 3 fully saturated rings. The van der Waals surface area contributed by atoms with Gasteiger partial charge in [0.1, 0.15) is 78.5 Å². The molecule has 15 atom stereocenters. The lowest BCUT2D eigenvalue weighted by Crippen LogP contribution is -2.62. The van der Waals surface area contributed by atoms with Crippen molar-refractivity contribution in [1.29, 1.82) is 0 Å². The van der Waals surface area contributed by atoms with E-state index in [0.717, 1.165) is 4.90 Å². The average molecular weight is 1190 g/mol. The lowest BCUT2D eigenvalue weighted by atomic mass is 9.96. The van der Waals surface area contributed by atoms with Crippen LogP contribution in [0.2, 0.25) is 0 Å². The van der Waals surface area contributed by atoms with Gasteiger partial charge in [-0.3, -0.25) is 57.5 Å². The summed E-state index contributed by atoms with van der Waals surface area (Å²) in [7, 11) is 0. The predicted molar refractivity (Wildman–Crippen MR) is 290 cm³/mol. The first-order valence-electron chi connectivity index (χ1n) is 27.6. The van der Waals surface area contributed by atoms with Crippen molar-refractivity contribution in [2.45, 2.75) is 177 Å². The number of phenols is 1. The fraction of sp³-hybridized carbons (Fsp3) is 0.654. The number of nitrogens with two attached hydrogens (primary N) is 4. The third-order valence-corrected chi connectivity index (χ3v) is 14.4. The molecule has 3 aliphatic heterocycles. The zero-order valence-electron chi connectivity index (χ0n) is 47.2. The molecule has 1 aromatic rings. The van der Waals surface area contributed by atoms with Crippen molar-refractivity contribution < 1.29 is 92.5 Å². The molecule has 3 aliphatic rings. The second-order valence-corrected chi connectivity index (χ2v) is 21.5. The lowest BCUT2D eigenvalue weighted by Gasteiger charge is -2.39. The highest BCUT2D eigenvalue weighted by atomic mass is 16.7. The van der Waals surface area contributed by atoms with E-state index in [-0.39, 0.29) is 56.7 Å². The number of aliphatic hydroxyl groups is 4. The predicted octanol–water partition coefficient (Wildman–Crippen LogP) is -7.91. The summed E-state index contributed by atoms with van der Waals surface area (Å²) in [6, 6.07) is -8.46. The normalized spacial score (nSPS) is 28.1. The molecule has 84 heavy (non-hydrogen) atoms. The van der Waals surface area contributed by atoms with E-state index < -0.39 is 207 Å². The van der Waals surface area contributed by atoms with Gasteiger partial charge in [-0.25, -0.2) is 0 Å². The summed E-state index contributed by atoms with van der Waals surface area (Å²) < 4.78 is 10.7. The van der Waals surface area contributed by atoms with Crippen LogP contribution in [0.5, 0.6) is 5.75 Å². The number of amides is 12. The van der Waals surface area contributed by atoms with Crippen LogP contribution >= 0.6 is 0 Å². The first-order chi connectivity index (χ1) is 39.5. The Kier molecular flexibility index (Phi) is 26.6. The molecule has 4 rings (SSSR count). The van der Waals surface area contributed by atoms with Gasteiger partial charge in [0.15, 0.2) is 6.29 Å². The Bertz CT molecular complexity index is 2520. The van der Waals surface area contributed by atoms with Gasteiger partial charge in [0.2, 0.25) is 70.9 Å². The summed E-state index contributed by atoms with van der Waals surface area (Å²) >= 11 is 0. The SMILES string of the molecule is CC[C@H](C)[C@@H]1NC(=O)[C@H](Cc2ccc(O)cc2)NC(=O)[C@@H](N)CCC(=O)NC[C@@H](C(=O)N2CCC[C@H]2C(=O)N[C@@H](CC(C)C)C(=O)N[C@@H](CO[C@@H]2O[C@H](CO)[C@@H](O)[C@H](O)[C@H]2O)C(N)=O)NC(=O)[C@H](CC(N)=O)NC(=O)[C@H](CCC(N)=O)NC1=O. The van der Waals surface area contributed by atoms with Crippen molar-refractivity contribution in [3.63, 3.8) is 0 Å². The van der Waals surface area contributed by atoms with E-state index in [1.165, 1.54) is 24.3 Å². The number of hydrogen-bond donors (Lipinski definition) is 17. The van der Waals surface area contributed by atoms with Crippen LogP contribution in [0.3, 0.4) is 0 Å². The number of carbonyl (C=O) groups is 12. The van der Waals surface area contributed by atoms with Crippen LogP contribution in [0, 0.1) is 11.8 Å². The Balaban J connectivity index is 1.66. The fourth-order valence-corrected chi connectivity index (χ4v) is 9.34. The molecule has 0 saturated carbocycles. The first-order valence-corrected chi connectivity index (χ1v) is 27.6. The second kappa shape index (κ2) is 32.4. The Morgan fingerprint density at radius 1 is 0.774 bits per heavy atom. The van der Waals surface area contributed by atoms with Crippen LogP contribution in [0.15, 0.2) is 24.3 Å². The van der Waals surface area contributed by atoms with Crippen LogP contribution in [-0.2, 0) is 73.4 Å². The Hall–Kier alpha value is -7.62. The quantitative estimate of drug-likeness (QED) is 0.0544. The summed E-state index contributed by atoms with van der Waals surface area (Å²) in [4.78, 5) is 165. The minimum atomic E-state index is -1.91. The number of benzene rings is 1. The number of rotatable bonds is 21. The number of ether oxygens (including phenoxy) is 2. The molecule has 1 aromatic carbocycles. The van der Waals surface area contributed by atoms with Crippen molar-refractivity contribution in [2.24, 2.45) is 34.8 Å². The molecule has 32 heteroatoms. The van der Waals surface area contributed by atoms with E-state index in [4.69, 9.17) is 32.4 Å². The van der Waals surface area contributed by atoms with Gasteiger partial charge in [-0.05, 0) is 61.6 Å². The van der Waals surface area contributed by atoms with Crippen LogP contribution in [0.25, 0.3) is 0 Å². The fourth-order valence-electron chi connectivity index (χ4n) is 9.34. The second-order valence-electron chi connectivity index (χ2n) is 21.5. The van der Waals surface area contributed by atoms with Crippen LogP contribution < -0.4 is 65.5 Å². The zero-order chi connectivity index (χ0) is 62.7. The minimum Gasteiger partial charge on any atom is -0.508 e. The lowest BCUT2D eigenvalue weighted by molar-refractivity contribution is -0.301. The highest BCUT2D eigenvalue weighted by Gasteiger charge is 2.45. The molecule has 0 aliphatic carbocycles. The number of primary amides is 3. The smallest absolute Gasteiger partial charge is 0.247 e. The standard InChI is InChI=1S/C52H81N13O19/c1-5-24(4)39-50(81)58-28(13-14-36(54)68)45(76)60-31(19-37(55)69)47(78)62-32(20-57-38(70)15-12-27(53)44(75)59-30(48(79)64-39)18-25-8-10-26(67)11-9-25)51(82)65-16-6-7-34(65)49(80)61-29(17-23(2)3)46(77)63-33(43(56)74)22-83-52-42(73)41(72)40(71)35(21-66)84-52/h8-11,23-24,27-35,39-42,52,66-67,71-73H,5-7,12-22,53H2,1-4H3,(H2,54,68)(H2,55,69)(H2,56,74)(H,57,70)(H,58,81)(H,59,75)(H,60,76)(H,61,80)(H,62,78)(H,63,77)(H,64,79)/t24-,27-,28-,29-,30-,31-,32-,33-,34-,35+,39-,40+,41-,42+,52+/m0/s1. The Morgan fingerprint density at radius 3 is 2.01 bits per heavy atom. The molecule has 0 spiro atoms. The maximum atomic E-state index is 14.7. The molecule has 21 N–H and O–H groups in total. The van der Waals surface area contributed by atoms with Crippen molar-refractivity contribution in [1.82, 2.24) is 47.4 Å². The molecule has 468 valence electrons. The van der Waals surface area contributed by atoms with Gasteiger partial charge in [0, 0.05) is 32.4 Å². The van der Waals surface area contributed by atoms with E-state index in [0.29, 0.717) is 5.56 Å². The maximum absolute atomic E-state index is 14.7. The molecule has 3 heterocycles. The van der Waals surface area contributed by atoms with Gasteiger partial charge >= 0.3 is 0 Å². The van der Waals surface area contributed by atoms with Crippen LogP contribution in [-0.4, -0.2) is 213 Å². The summed E-state index contributed by atoms with van der Waals surface area (Å²) in [5.41, 5.74) is 23.2. The third-order valence-electron chi connectivity index (χ3n) is 14.4. The van der Waals surface area contributed by atoms with Gasteiger partial charge in [-0.15, -0.1) is 0 Å². The summed E-state index contributed by atoms with van der Waals surface area (Å²) in [6.45, 7) is 4.31. The number of carbonyl (C=O) groups excluding carboxylic acids is 12.